The van der Waals surface area contributed by atoms with E-state index in [0.29, 0.717) is 27.2 Å². The van der Waals surface area contributed by atoms with Crippen LogP contribution in [-0.4, -0.2) is 39.5 Å². The van der Waals surface area contributed by atoms with Gasteiger partial charge in [0.05, 0.1) is 11.7 Å². The summed E-state index contributed by atoms with van der Waals surface area (Å²) in [7, 11) is 1.71. The molecule has 0 bridgehead atoms. The number of fused-ring (bicyclic) bond motifs is 1. The summed E-state index contributed by atoms with van der Waals surface area (Å²) in [6.07, 6.45) is 6.43. The van der Waals surface area contributed by atoms with Crippen molar-refractivity contribution in [2.75, 3.05) is 7.05 Å². The minimum Gasteiger partial charge on any atom is -0.458 e. The fourth-order valence-electron chi connectivity index (χ4n) is 4.07. The summed E-state index contributed by atoms with van der Waals surface area (Å²) < 4.78 is 6.99. The number of ether oxygens (including phenoxy) is 1. The van der Waals surface area contributed by atoms with E-state index >= 15 is 0 Å². The van der Waals surface area contributed by atoms with Gasteiger partial charge in [-0.15, -0.1) is 11.3 Å². The van der Waals surface area contributed by atoms with Crippen LogP contribution in [0.3, 0.4) is 0 Å². The zero-order valence-electron chi connectivity index (χ0n) is 18.4. The first-order valence-corrected chi connectivity index (χ1v) is 11.7. The Morgan fingerprint density at radius 2 is 1.91 bits per heavy atom. The number of hydrogen-bond acceptors (Lipinski definition) is 6. The van der Waals surface area contributed by atoms with E-state index in [4.69, 9.17) is 4.74 Å². The quantitative estimate of drug-likeness (QED) is 0.529. The molecule has 168 valence electrons. The SMILES string of the molecule is Cc1c(C(=O)OC2CCCCC2)sc2ncn(CC(=O)N(C)Cc3ccccc3)c(=O)c12. The molecule has 32 heavy (non-hydrogen) atoms. The molecular formula is C24H27N3O4S. The summed E-state index contributed by atoms with van der Waals surface area (Å²) in [4.78, 5) is 45.4. The van der Waals surface area contributed by atoms with Crippen molar-refractivity contribution in [3.8, 4) is 0 Å². The summed E-state index contributed by atoms with van der Waals surface area (Å²) in [5.74, 6) is -0.580. The molecule has 0 aliphatic heterocycles. The molecule has 1 saturated carbocycles. The van der Waals surface area contributed by atoms with Crippen molar-refractivity contribution in [3.05, 3.63) is 63.0 Å². The number of aromatic nitrogens is 2. The summed E-state index contributed by atoms with van der Waals surface area (Å²) >= 11 is 1.18. The topological polar surface area (TPSA) is 81.5 Å². The predicted molar refractivity (Wildman–Crippen MR) is 124 cm³/mol. The summed E-state index contributed by atoms with van der Waals surface area (Å²) in [5, 5.41) is 0.381. The largest absolute Gasteiger partial charge is 0.458 e. The molecule has 2 heterocycles. The lowest BCUT2D eigenvalue weighted by molar-refractivity contribution is -0.131. The fraction of sp³-hybridized carbons (Fsp3) is 0.417. The maximum absolute atomic E-state index is 13.1. The van der Waals surface area contributed by atoms with E-state index in [1.54, 1.807) is 18.9 Å². The van der Waals surface area contributed by atoms with Crippen LogP contribution in [0.1, 0.15) is 52.9 Å². The third-order valence-electron chi connectivity index (χ3n) is 5.92. The number of carbonyl (C=O) groups is 2. The molecule has 0 radical (unpaired) electrons. The number of aryl methyl sites for hydroxylation is 1. The Balaban J connectivity index is 1.52. The zero-order chi connectivity index (χ0) is 22.7. The van der Waals surface area contributed by atoms with Gasteiger partial charge in [-0.2, -0.15) is 0 Å². The Morgan fingerprint density at radius 1 is 1.19 bits per heavy atom. The highest BCUT2D eigenvalue weighted by Gasteiger charge is 2.24. The Labute approximate surface area is 190 Å². The van der Waals surface area contributed by atoms with Crippen molar-refractivity contribution in [3.63, 3.8) is 0 Å². The van der Waals surface area contributed by atoms with E-state index in [1.165, 1.54) is 28.7 Å². The first-order valence-electron chi connectivity index (χ1n) is 10.9. The molecule has 7 nitrogen and oxygen atoms in total. The molecule has 1 amide bonds. The molecule has 1 aromatic carbocycles. The third-order valence-corrected chi connectivity index (χ3v) is 7.10. The van der Waals surface area contributed by atoms with Crippen LogP contribution in [0.15, 0.2) is 41.5 Å². The summed E-state index contributed by atoms with van der Waals surface area (Å²) in [5.41, 5.74) is 1.27. The van der Waals surface area contributed by atoms with Crippen molar-refractivity contribution in [2.45, 2.75) is 58.2 Å². The Morgan fingerprint density at radius 3 is 2.62 bits per heavy atom. The van der Waals surface area contributed by atoms with Gasteiger partial charge in [0, 0.05) is 13.6 Å². The molecule has 0 spiro atoms. The molecule has 4 rings (SSSR count). The monoisotopic (exact) mass is 453 g/mol. The van der Waals surface area contributed by atoms with Gasteiger partial charge in [-0.25, -0.2) is 9.78 Å². The van der Waals surface area contributed by atoms with Crippen molar-refractivity contribution in [1.82, 2.24) is 14.5 Å². The Bertz CT molecular complexity index is 1180. The van der Waals surface area contributed by atoms with E-state index < -0.39 is 0 Å². The van der Waals surface area contributed by atoms with E-state index in [1.807, 2.05) is 30.3 Å². The third kappa shape index (κ3) is 4.75. The number of nitrogens with zero attached hydrogens (tertiary/aromatic N) is 3. The van der Waals surface area contributed by atoms with Crippen LogP contribution in [0.5, 0.6) is 0 Å². The van der Waals surface area contributed by atoms with Crippen molar-refractivity contribution >= 4 is 33.4 Å². The van der Waals surface area contributed by atoms with Crippen molar-refractivity contribution in [2.24, 2.45) is 0 Å². The van der Waals surface area contributed by atoms with Gasteiger partial charge >= 0.3 is 5.97 Å². The predicted octanol–water partition coefficient (Wildman–Crippen LogP) is 3.91. The van der Waals surface area contributed by atoms with Gasteiger partial charge in [-0.1, -0.05) is 36.8 Å². The maximum atomic E-state index is 13.1. The lowest BCUT2D eigenvalue weighted by Crippen LogP contribution is -2.33. The highest BCUT2D eigenvalue weighted by Crippen LogP contribution is 2.29. The van der Waals surface area contributed by atoms with E-state index in [-0.39, 0.29) is 30.1 Å². The highest BCUT2D eigenvalue weighted by atomic mass is 32.1. The fourth-order valence-corrected chi connectivity index (χ4v) is 5.09. The van der Waals surface area contributed by atoms with Gasteiger partial charge in [0.25, 0.3) is 5.56 Å². The van der Waals surface area contributed by atoms with Crippen LogP contribution in [0, 0.1) is 6.92 Å². The van der Waals surface area contributed by atoms with Gasteiger partial charge in [0.1, 0.15) is 22.4 Å². The molecule has 0 N–H and O–H groups in total. The normalized spacial score (nSPS) is 14.4. The highest BCUT2D eigenvalue weighted by molar-refractivity contribution is 7.20. The minimum absolute atomic E-state index is 0.0525. The molecule has 0 unspecified atom stereocenters. The molecule has 1 aliphatic rings. The first-order chi connectivity index (χ1) is 15.4. The van der Waals surface area contributed by atoms with Crippen LogP contribution in [0.2, 0.25) is 0 Å². The molecule has 3 aromatic rings. The molecule has 8 heteroatoms. The Hall–Kier alpha value is -3.00. The molecule has 0 saturated heterocycles. The number of esters is 1. The van der Waals surface area contributed by atoms with E-state index in [2.05, 4.69) is 4.98 Å². The van der Waals surface area contributed by atoms with Gasteiger partial charge in [0.15, 0.2) is 0 Å². The van der Waals surface area contributed by atoms with Gasteiger partial charge < -0.3 is 9.64 Å². The van der Waals surface area contributed by atoms with Crippen LogP contribution >= 0.6 is 11.3 Å². The van der Waals surface area contributed by atoms with Crippen LogP contribution < -0.4 is 5.56 Å². The average Bonchev–Trinajstić information content (AvgIpc) is 3.14. The second-order valence-corrected chi connectivity index (χ2v) is 9.31. The molecule has 1 aliphatic carbocycles. The van der Waals surface area contributed by atoms with E-state index in [0.717, 1.165) is 31.2 Å². The van der Waals surface area contributed by atoms with Crippen molar-refractivity contribution < 1.29 is 14.3 Å². The van der Waals surface area contributed by atoms with Gasteiger partial charge in [-0.05, 0) is 43.7 Å². The average molecular weight is 454 g/mol. The van der Waals surface area contributed by atoms with Crippen LogP contribution in [0.4, 0.5) is 0 Å². The van der Waals surface area contributed by atoms with Crippen LogP contribution in [-0.2, 0) is 22.6 Å². The second-order valence-electron chi connectivity index (χ2n) is 8.31. The zero-order valence-corrected chi connectivity index (χ0v) is 19.2. The summed E-state index contributed by atoms with van der Waals surface area (Å²) in [6.45, 7) is 2.09. The van der Waals surface area contributed by atoms with Crippen molar-refractivity contribution in [1.29, 1.82) is 0 Å². The number of hydrogen-bond donors (Lipinski definition) is 0. The molecule has 1 fully saturated rings. The molecular weight excluding hydrogens is 426 g/mol. The number of amides is 1. The molecule has 0 atom stereocenters. The van der Waals surface area contributed by atoms with Gasteiger partial charge in [0.2, 0.25) is 5.91 Å². The van der Waals surface area contributed by atoms with E-state index in [9.17, 15) is 14.4 Å². The lowest BCUT2D eigenvalue weighted by atomic mass is 9.98. The number of likely N-dealkylation sites (N-methyl/N-ethyl adjacent to an activating group) is 1. The molecule has 2 aromatic heterocycles. The second kappa shape index (κ2) is 9.65. The minimum atomic E-state index is -0.387. The number of rotatable bonds is 6. The number of carbonyl (C=O) groups excluding carboxylic acids is 2. The smallest absolute Gasteiger partial charge is 0.348 e. The van der Waals surface area contributed by atoms with Crippen LogP contribution in [0.25, 0.3) is 10.2 Å². The first kappa shape index (κ1) is 22.2. The number of benzene rings is 1. The maximum Gasteiger partial charge on any atom is 0.348 e. The Kier molecular flexibility index (Phi) is 6.69. The standard InChI is InChI=1S/C24H27N3O4S/c1-16-20-22(32-21(16)24(30)31-18-11-7-4-8-12-18)25-15-27(23(20)29)14-19(28)26(2)13-17-9-5-3-6-10-17/h3,5-6,9-10,15,18H,4,7-8,11-14H2,1-2H3. The summed E-state index contributed by atoms with van der Waals surface area (Å²) in [6, 6.07) is 9.67. The van der Waals surface area contributed by atoms with Gasteiger partial charge in [-0.3, -0.25) is 14.2 Å². The lowest BCUT2D eigenvalue weighted by Gasteiger charge is -2.21. The number of thiophene rings is 1.